The molecule has 14 heavy (non-hydrogen) atoms. The van der Waals surface area contributed by atoms with Crippen molar-refractivity contribution in [3.8, 4) is 0 Å². The number of alkyl halides is 1. The van der Waals surface area contributed by atoms with Crippen molar-refractivity contribution in [2.45, 2.75) is 32.1 Å². The minimum atomic E-state index is 0.113. The summed E-state index contributed by atoms with van der Waals surface area (Å²) >= 11 is 12.1. The minimum absolute atomic E-state index is 0.113. The minimum Gasteiger partial charge on any atom is -0.118 e. The van der Waals surface area contributed by atoms with Crippen LogP contribution in [0.4, 0.5) is 0 Å². The van der Waals surface area contributed by atoms with Gasteiger partial charge in [-0.15, -0.1) is 11.6 Å². The standard InChI is InChI=1S/C12H16Cl2/c1-3-9(2)8-12(14)10-4-6-11(13)7-5-10/h4-7,9,12H,3,8H2,1-2H3. The predicted molar refractivity (Wildman–Crippen MR) is 64.1 cm³/mol. The third kappa shape index (κ3) is 3.51. The monoisotopic (exact) mass is 230 g/mol. The highest BCUT2D eigenvalue weighted by atomic mass is 35.5. The highest BCUT2D eigenvalue weighted by molar-refractivity contribution is 6.30. The van der Waals surface area contributed by atoms with Crippen LogP contribution in [0.15, 0.2) is 24.3 Å². The maximum Gasteiger partial charge on any atom is 0.0587 e. The van der Waals surface area contributed by atoms with E-state index in [1.54, 1.807) is 0 Å². The third-order valence-electron chi connectivity index (χ3n) is 2.54. The second kappa shape index (κ2) is 5.63. The second-order valence-electron chi connectivity index (χ2n) is 3.77. The zero-order chi connectivity index (χ0) is 10.6. The summed E-state index contributed by atoms with van der Waals surface area (Å²) in [5, 5.41) is 0.878. The summed E-state index contributed by atoms with van der Waals surface area (Å²) in [5.74, 6) is 0.674. The van der Waals surface area contributed by atoms with E-state index in [-0.39, 0.29) is 5.38 Å². The Hall–Kier alpha value is -0.200. The Morgan fingerprint density at radius 1 is 1.21 bits per heavy atom. The van der Waals surface area contributed by atoms with E-state index in [1.807, 2.05) is 24.3 Å². The van der Waals surface area contributed by atoms with Gasteiger partial charge in [0.2, 0.25) is 0 Å². The lowest BCUT2D eigenvalue weighted by atomic mass is 9.99. The van der Waals surface area contributed by atoms with Gasteiger partial charge in [0.1, 0.15) is 0 Å². The second-order valence-corrected chi connectivity index (χ2v) is 4.73. The first-order valence-electron chi connectivity index (χ1n) is 5.03. The Morgan fingerprint density at radius 3 is 2.29 bits per heavy atom. The van der Waals surface area contributed by atoms with Crippen LogP contribution in [0.1, 0.15) is 37.6 Å². The molecule has 1 rings (SSSR count). The summed E-state index contributed by atoms with van der Waals surface area (Å²) < 4.78 is 0. The molecule has 0 spiro atoms. The number of hydrogen-bond donors (Lipinski definition) is 0. The fourth-order valence-corrected chi connectivity index (χ4v) is 1.90. The van der Waals surface area contributed by atoms with Crippen molar-refractivity contribution in [3.05, 3.63) is 34.9 Å². The van der Waals surface area contributed by atoms with Gasteiger partial charge in [-0.1, -0.05) is 44.0 Å². The van der Waals surface area contributed by atoms with Gasteiger partial charge in [-0.3, -0.25) is 0 Å². The number of hydrogen-bond acceptors (Lipinski definition) is 0. The Labute approximate surface area is 96.2 Å². The first kappa shape index (κ1) is 11.9. The molecule has 2 heteroatoms. The molecule has 0 nitrogen and oxygen atoms in total. The van der Waals surface area contributed by atoms with Crippen LogP contribution >= 0.6 is 23.2 Å². The van der Waals surface area contributed by atoms with E-state index in [2.05, 4.69) is 13.8 Å². The van der Waals surface area contributed by atoms with Crippen LogP contribution in [0.5, 0.6) is 0 Å². The molecular formula is C12H16Cl2. The van der Waals surface area contributed by atoms with Crippen molar-refractivity contribution in [1.29, 1.82) is 0 Å². The lowest BCUT2D eigenvalue weighted by molar-refractivity contribution is 0.508. The molecule has 2 unspecified atom stereocenters. The van der Waals surface area contributed by atoms with Crippen molar-refractivity contribution < 1.29 is 0 Å². The van der Waals surface area contributed by atoms with Crippen LogP contribution in [0.2, 0.25) is 5.02 Å². The van der Waals surface area contributed by atoms with E-state index < -0.39 is 0 Å². The van der Waals surface area contributed by atoms with Gasteiger partial charge in [-0.25, -0.2) is 0 Å². The molecule has 0 aliphatic rings. The van der Waals surface area contributed by atoms with Crippen molar-refractivity contribution >= 4 is 23.2 Å². The summed E-state index contributed by atoms with van der Waals surface area (Å²) in [6, 6.07) is 7.79. The molecule has 0 fully saturated rings. The Balaban J connectivity index is 2.60. The number of rotatable bonds is 4. The quantitative estimate of drug-likeness (QED) is 0.635. The molecule has 78 valence electrons. The van der Waals surface area contributed by atoms with Crippen LogP contribution in [-0.4, -0.2) is 0 Å². The first-order valence-corrected chi connectivity index (χ1v) is 5.84. The maximum absolute atomic E-state index is 6.29. The Bertz CT molecular complexity index is 266. The topological polar surface area (TPSA) is 0 Å². The highest BCUT2D eigenvalue weighted by Gasteiger charge is 2.11. The van der Waals surface area contributed by atoms with Gasteiger partial charge >= 0.3 is 0 Å². The largest absolute Gasteiger partial charge is 0.118 e. The molecular weight excluding hydrogens is 215 g/mol. The normalized spacial score (nSPS) is 15.1. The molecule has 0 saturated heterocycles. The molecule has 0 saturated carbocycles. The zero-order valence-corrected chi connectivity index (χ0v) is 10.1. The Morgan fingerprint density at radius 2 is 1.79 bits per heavy atom. The SMILES string of the molecule is CCC(C)CC(Cl)c1ccc(Cl)cc1. The van der Waals surface area contributed by atoms with Crippen LogP contribution in [0.25, 0.3) is 0 Å². The smallest absolute Gasteiger partial charge is 0.0587 e. The van der Waals surface area contributed by atoms with Gasteiger partial charge in [-0.2, -0.15) is 0 Å². The maximum atomic E-state index is 6.29. The van der Waals surface area contributed by atoms with Gasteiger partial charge in [0, 0.05) is 5.02 Å². The number of benzene rings is 1. The zero-order valence-electron chi connectivity index (χ0n) is 8.63. The summed E-state index contributed by atoms with van der Waals surface area (Å²) in [6.07, 6.45) is 2.20. The molecule has 1 aromatic carbocycles. The Kier molecular flexibility index (Phi) is 4.77. The molecule has 0 aromatic heterocycles. The molecule has 0 heterocycles. The predicted octanol–water partition coefficient (Wildman–Crippen LogP) is 5.06. The lowest BCUT2D eigenvalue weighted by Crippen LogP contribution is -1.98. The first-order chi connectivity index (χ1) is 6.63. The van der Waals surface area contributed by atoms with E-state index >= 15 is 0 Å². The van der Waals surface area contributed by atoms with Crippen LogP contribution in [-0.2, 0) is 0 Å². The highest BCUT2D eigenvalue weighted by Crippen LogP contribution is 2.29. The molecule has 0 aliphatic carbocycles. The lowest BCUT2D eigenvalue weighted by Gasteiger charge is -2.14. The third-order valence-corrected chi connectivity index (χ3v) is 3.22. The summed E-state index contributed by atoms with van der Waals surface area (Å²) in [5.41, 5.74) is 1.16. The van der Waals surface area contributed by atoms with Crippen LogP contribution < -0.4 is 0 Å². The fraction of sp³-hybridized carbons (Fsp3) is 0.500. The molecule has 0 bridgehead atoms. The summed E-state index contributed by atoms with van der Waals surface area (Å²) in [6.45, 7) is 4.42. The molecule has 0 N–H and O–H groups in total. The van der Waals surface area contributed by atoms with Gasteiger partial charge in [0.05, 0.1) is 5.38 Å². The molecule has 2 atom stereocenters. The fourth-order valence-electron chi connectivity index (χ4n) is 1.33. The summed E-state index contributed by atoms with van der Waals surface area (Å²) in [4.78, 5) is 0. The van der Waals surface area contributed by atoms with E-state index in [4.69, 9.17) is 23.2 Å². The van der Waals surface area contributed by atoms with Crippen LogP contribution in [0, 0.1) is 5.92 Å². The average molecular weight is 231 g/mol. The van der Waals surface area contributed by atoms with E-state index in [0.29, 0.717) is 5.92 Å². The van der Waals surface area contributed by atoms with Gasteiger partial charge < -0.3 is 0 Å². The summed E-state index contributed by atoms with van der Waals surface area (Å²) in [7, 11) is 0. The van der Waals surface area contributed by atoms with Gasteiger partial charge in [0.25, 0.3) is 0 Å². The van der Waals surface area contributed by atoms with E-state index in [1.165, 1.54) is 6.42 Å². The van der Waals surface area contributed by atoms with Crippen molar-refractivity contribution in [2.24, 2.45) is 5.92 Å². The van der Waals surface area contributed by atoms with Crippen molar-refractivity contribution in [3.63, 3.8) is 0 Å². The van der Waals surface area contributed by atoms with E-state index in [9.17, 15) is 0 Å². The average Bonchev–Trinajstić information content (AvgIpc) is 2.18. The van der Waals surface area contributed by atoms with E-state index in [0.717, 1.165) is 17.0 Å². The van der Waals surface area contributed by atoms with Gasteiger partial charge in [0.15, 0.2) is 0 Å². The van der Waals surface area contributed by atoms with Gasteiger partial charge in [-0.05, 0) is 30.0 Å². The molecule has 0 aliphatic heterocycles. The van der Waals surface area contributed by atoms with Crippen LogP contribution in [0.3, 0.4) is 0 Å². The molecule has 0 radical (unpaired) electrons. The van der Waals surface area contributed by atoms with Crippen molar-refractivity contribution in [2.75, 3.05) is 0 Å². The van der Waals surface area contributed by atoms with Crippen molar-refractivity contribution in [1.82, 2.24) is 0 Å². The number of halogens is 2. The molecule has 0 amide bonds. The molecule has 1 aromatic rings.